The average molecular weight is 301 g/mol. The Morgan fingerprint density at radius 3 is 2.59 bits per heavy atom. The molecule has 0 saturated heterocycles. The van der Waals surface area contributed by atoms with Gasteiger partial charge in [0.15, 0.2) is 0 Å². The third-order valence-corrected chi connectivity index (χ3v) is 3.71. The fourth-order valence-electron chi connectivity index (χ4n) is 2.46. The molecular weight excluding hydrogens is 278 g/mol. The van der Waals surface area contributed by atoms with Crippen LogP contribution in [0.15, 0.2) is 30.3 Å². The van der Waals surface area contributed by atoms with Crippen molar-refractivity contribution in [3.05, 3.63) is 35.9 Å². The second-order valence-corrected chi connectivity index (χ2v) is 5.30. The molecule has 2 aromatic carbocycles. The molecule has 0 radical (unpaired) electrons. The molecule has 0 aliphatic rings. The van der Waals surface area contributed by atoms with Gasteiger partial charge in [0.05, 0.1) is 12.2 Å². The fraction of sp³-hybridized carbons (Fsp3) is 0.389. The molecule has 1 amide bonds. The van der Waals surface area contributed by atoms with Crippen molar-refractivity contribution in [3.63, 3.8) is 0 Å². The summed E-state index contributed by atoms with van der Waals surface area (Å²) in [6.07, 6.45) is 4.50. The molecule has 4 nitrogen and oxygen atoms in total. The van der Waals surface area contributed by atoms with Crippen molar-refractivity contribution in [2.24, 2.45) is 0 Å². The molecule has 0 bridgehead atoms. The van der Waals surface area contributed by atoms with Crippen molar-refractivity contribution in [3.8, 4) is 11.5 Å². The summed E-state index contributed by atoms with van der Waals surface area (Å²) in [5.41, 5.74) is 0.241. The first kappa shape index (κ1) is 16.1. The lowest BCUT2D eigenvalue weighted by molar-refractivity contribution is 0.0960. The lowest BCUT2D eigenvalue weighted by Crippen LogP contribution is -2.18. The SMILES string of the molecule is CCCCCCOc1cc(C(=O)NC)c(O)c2ccccc12. The lowest BCUT2D eigenvalue weighted by atomic mass is 10.0. The van der Waals surface area contributed by atoms with Gasteiger partial charge in [-0.05, 0) is 12.5 Å². The number of unbranched alkanes of at least 4 members (excludes halogenated alkanes) is 3. The molecule has 2 aromatic rings. The fourth-order valence-corrected chi connectivity index (χ4v) is 2.46. The Hall–Kier alpha value is -2.23. The summed E-state index contributed by atoms with van der Waals surface area (Å²) < 4.78 is 5.87. The highest BCUT2D eigenvalue weighted by atomic mass is 16.5. The number of aromatic hydroxyl groups is 1. The van der Waals surface area contributed by atoms with Gasteiger partial charge in [-0.1, -0.05) is 50.5 Å². The molecule has 0 aliphatic carbocycles. The van der Waals surface area contributed by atoms with Crippen LogP contribution < -0.4 is 10.1 Å². The standard InChI is InChI=1S/C18H23NO3/c1-3-4-5-8-11-22-16-12-15(18(21)19-2)17(20)14-10-7-6-9-13(14)16/h6-7,9-10,12,20H,3-5,8,11H2,1-2H3,(H,19,21). The molecule has 4 heteroatoms. The molecule has 22 heavy (non-hydrogen) atoms. The molecule has 0 fully saturated rings. The highest BCUT2D eigenvalue weighted by Crippen LogP contribution is 2.36. The molecule has 118 valence electrons. The first-order valence-corrected chi connectivity index (χ1v) is 7.78. The zero-order chi connectivity index (χ0) is 15.9. The maximum Gasteiger partial charge on any atom is 0.254 e. The number of amides is 1. The largest absolute Gasteiger partial charge is 0.506 e. The van der Waals surface area contributed by atoms with Gasteiger partial charge in [-0.2, -0.15) is 0 Å². The van der Waals surface area contributed by atoms with E-state index >= 15 is 0 Å². The lowest BCUT2D eigenvalue weighted by Gasteiger charge is -2.13. The second kappa shape index (κ2) is 7.69. The van der Waals surface area contributed by atoms with E-state index in [1.54, 1.807) is 19.2 Å². The van der Waals surface area contributed by atoms with E-state index < -0.39 is 0 Å². The van der Waals surface area contributed by atoms with Crippen LogP contribution in [0.4, 0.5) is 0 Å². The van der Waals surface area contributed by atoms with Gasteiger partial charge >= 0.3 is 0 Å². The molecule has 2 rings (SSSR count). The highest BCUT2D eigenvalue weighted by Gasteiger charge is 2.16. The smallest absolute Gasteiger partial charge is 0.254 e. The summed E-state index contributed by atoms with van der Waals surface area (Å²) >= 11 is 0. The number of phenolic OH excluding ortho intramolecular Hbond substituents is 1. The predicted molar refractivity (Wildman–Crippen MR) is 88.6 cm³/mol. The van der Waals surface area contributed by atoms with E-state index in [9.17, 15) is 9.90 Å². The number of hydrogen-bond donors (Lipinski definition) is 2. The van der Waals surface area contributed by atoms with Crippen molar-refractivity contribution in [2.45, 2.75) is 32.6 Å². The molecular formula is C18H23NO3. The van der Waals surface area contributed by atoms with Gasteiger partial charge in [0.1, 0.15) is 11.5 Å². The van der Waals surface area contributed by atoms with Crippen LogP contribution in [-0.2, 0) is 0 Å². The Balaban J connectivity index is 2.31. The number of carbonyl (C=O) groups excluding carboxylic acids is 1. The minimum Gasteiger partial charge on any atom is -0.506 e. The Kier molecular flexibility index (Phi) is 5.64. The highest BCUT2D eigenvalue weighted by molar-refractivity contribution is 6.05. The van der Waals surface area contributed by atoms with Gasteiger partial charge in [-0.25, -0.2) is 0 Å². The van der Waals surface area contributed by atoms with Crippen molar-refractivity contribution in [1.82, 2.24) is 5.32 Å². The van der Waals surface area contributed by atoms with E-state index in [2.05, 4.69) is 12.2 Å². The van der Waals surface area contributed by atoms with Crippen molar-refractivity contribution in [1.29, 1.82) is 0 Å². The van der Waals surface area contributed by atoms with Crippen molar-refractivity contribution < 1.29 is 14.6 Å². The van der Waals surface area contributed by atoms with Crippen LogP contribution in [0.25, 0.3) is 10.8 Å². The van der Waals surface area contributed by atoms with Crippen LogP contribution in [0.3, 0.4) is 0 Å². The number of fused-ring (bicyclic) bond motifs is 1. The number of rotatable bonds is 7. The summed E-state index contributed by atoms with van der Waals surface area (Å²) in [7, 11) is 1.54. The monoisotopic (exact) mass is 301 g/mol. The Morgan fingerprint density at radius 2 is 1.91 bits per heavy atom. The number of carbonyl (C=O) groups is 1. The van der Waals surface area contributed by atoms with E-state index in [4.69, 9.17) is 4.74 Å². The number of nitrogens with one attached hydrogen (secondary N) is 1. The summed E-state index contributed by atoms with van der Waals surface area (Å²) in [5.74, 6) is 0.316. The molecule has 0 atom stereocenters. The van der Waals surface area contributed by atoms with E-state index in [1.807, 2.05) is 18.2 Å². The van der Waals surface area contributed by atoms with Crippen LogP contribution in [0.5, 0.6) is 11.5 Å². The zero-order valence-electron chi connectivity index (χ0n) is 13.2. The first-order valence-electron chi connectivity index (χ1n) is 7.78. The van der Waals surface area contributed by atoms with E-state index in [0.717, 1.165) is 18.2 Å². The molecule has 0 aliphatic heterocycles. The maximum absolute atomic E-state index is 11.9. The zero-order valence-corrected chi connectivity index (χ0v) is 13.2. The van der Waals surface area contributed by atoms with Crippen molar-refractivity contribution >= 4 is 16.7 Å². The van der Waals surface area contributed by atoms with Gasteiger partial charge < -0.3 is 15.2 Å². The number of hydrogen-bond acceptors (Lipinski definition) is 3. The van der Waals surface area contributed by atoms with E-state index in [0.29, 0.717) is 17.7 Å². The van der Waals surface area contributed by atoms with Crippen LogP contribution in [0.1, 0.15) is 43.0 Å². The third-order valence-electron chi connectivity index (χ3n) is 3.71. The van der Waals surface area contributed by atoms with Crippen LogP contribution in [-0.4, -0.2) is 24.7 Å². The van der Waals surface area contributed by atoms with Crippen LogP contribution >= 0.6 is 0 Å². The Morgan fingerprint density at radius 1 is 1.18 bits per heavy atom. The molecule has 0 saturated carbocycles. The van der Waals surface area contributed by atoms with Gasteiger partial charge in [0.25, 0.3) is 5.91 Å². The molecule has 0 aromatic heterocycles. The second-order valence-electron chi connectivity index (χ2n) is 5.30. The van der Waals surface area contributed by atoms with E-state index in [1.165, 1.54) is 12.8 Å². The maximum atomic E-state index is 11.9. The quantitative estimate of drug-likeness (QED) is 0.763. The summed E-state index contributed by atoms with van der Waals surface area (Å²) in [6.45, 7) is 2.78. The topological polar surface area (TPSA) is 58.6 Å². The van der Waals surface area contributed by atoms with E-state index in [-0.39, 0.29) is 17.2 Å². The normalized spacial score (nSPS) is 10.6. The molecule has 0 heterocycles. The summed E-state index contributed by atoms with van der Waals surface area (Å²) in [4.78, 5) is 11.9. The average Bonchev–Trinajstić information content (AvgIpc) is 2.56. The van der Waals surface area contributed by atoms with Gasteiger partial charge in [0.2, 0.25) is 0 Å². The van der Waals surface area contributed by atoms with Gasteiger partial charge in [0, 0.05) is 17.8 Å². The molecule has 0 spiro atoms. The predicted octanol–water partition coefficient (Wildman–Crippen LogP) is 3.86. The van der Waals surface area contributed by atoms with Crippen LogP contribution in [0.2, 0.25) is 0 Å². The van der Waals surface area contributed by atoms with Gasteiger partial charge in [-0.3, -0.25) is 4.79 Å². The minimum absolute atomic E-state index is 0.00622. The first-order chi connectivity index (χ1) is 10.7. The summed E-state index contributed by atoms with van der Waals surface area (Å²) in [5, 5.41) is 14.3. The minimum atomic E-state index is -0.320. The Labute approximate surface area is 131 Å². The van der Waals surface area contributed by atoms with Crippen molar-refractivity contribution in [2.75, 3.05) is 13.7 Å². The number of ether oxygens (including phenoxy) is 1. The molecule has 2 N–H and O–H groups in total. The number of phenols is 1. The molecule has 0 unspecified atom stereocenters. The van der Waals surface area contributed by atoms with Crippen LogP contribution in [0, 0.1) is 0 Å². The number of benzene rings is 2. The summed E-state index contributed by atoms with van der Waals surface area (Å²) in [6, 6.07) is 9.04. The third kappa shape index (κ3) is 3.50. The van der Waals surface area contributed by atoms with Gasteiger partial charge in [-0.15, -0.1) is 0 Å². The Bertz CT molecular complexity index is 652.